The zero-order valence-electron chi connectivity index (χ0n) is 52.6. The summed E-state index contributed by atoms with van der Waals surface area (Å²) in [4.78, 5) is 99.1. The van der Waals surface area contributed by atoms with E-state index in [4.69, 9.17) is 35.8 Å². The van der Waals surface area contributed by atoms with Gasteiger partial charge in [-0.2, -0.15) is 0 Å². The predicted octanol–water partition coefficient (Wildman–Crippen LogP) is 11.2. The van der Waals surface area contributed by atoms with Gasteiger partial charge in [-0.25, -0.2) is 44.7 Å². The average Bonchev–Trinajstić information content (AvgIpc) is 1.82. The number of nitrogen functional groups attached to an aromatic ring is 1. The van der Waals surface area contributed by atoms with Gasteiger partial charge in [0.25, 0.3) is 19.2 Å². The number of aromatic amines is 1. The van der Waals surface area contributed by atoms with E-state index in [1.165, 1.54) is 18.5 Å². The lowest BCUT2D eigenvalue weighted by atomic mass is 9.93. The Balaban J connectivity index is 0.000000190. The Kier molecular flexibility index (Phi) is 22.4. The maximum Gasteiger partial charge on any atom is 0.410 e. The van der Waals surface area contributed by atoms with Gasteiger partial charge in [-0.05, 0) is 152 Å². The fourth-order valence-electron chi connectivity index (χ4n) is 10.3. The fraction of sp³-hybridized carbons (Fsp3) is 0.324. The Bertz CT molecular complexity index is 3780. The molecule has 8 aromatic rings. The molecular weight excluding hydrogens is 1180 g/mol. The van der Waals surface area contributed by atoms with Crippen LogP contribution in [0.4, 0.5) is 21.2 Å². The fourth-order valence-corrected chi connectivity index (χ4v) is 12.0. The number of ketones is 2. The summed E-state index contributed by atoms with van der Waals surface area (Å²) in [7, 11) is -3.13. The van der Waals surface area contributed by atoms with Crippen LogP contribution < -0.4 is 33.0 Å². The summed E-state index contributed by atoms with van der Waals surface area (Å²) in [5, 5.41) is 6.71. The average molecular weight is 1260 g/mol. The molecule has 6 heterocycles. The number of benzene rings is 4. The molecule has 4 amide bonds. The summed E-state index contributed by atoms with van der Waals surface area (Å²) < 4.78 is 29.7. The molecular formula is C68H79N12O10P. The highest BCUT2D eigenvalue weighted by atomic mass is 31.2. The van der Waals surface area contributed by atoms with Gasteiger partial charge in [0.15, 0.2) is 11.6 Å². The summed E-state index contributed by atoms with van der Waals surface area (Å²) in [6, 6.07) is 42.4. The molecule has 10 rings (SSSR count). The first-order valence-corrected chi connectivity index (χ1v) is 31.7. The minimum Gasteiger partial charge on any atom is -0.444 e. The minimum atomic E-state index is -3.13. The number of likely N-dealkylation sites (tertiary alicyclic amines) is 2. The number of carbonyl (C=O) groups is 6. The summed E-state index contributed by atoms with van der Waals surface area (Å²) in [6.45, 7) is 16.6. The number of pyridine rings is 2. The van der Waals surface area contributed by atoms with E-state index < -0.39 is 18.6 Å². The number of nitrogens with zero attached hydrogens (tertiary/aromatic N) is 7. The number of Topliss-reactive ketones (excluding diaryl/α,β-unsaturated/α-hetero) is 2. The highest BCUT2D eigenvalue weighted by Crippen LogP contribution is 2.42. The summed E-state index contributed by atoms with van der Waals surface area (Å²) in [5.41, 5.74) is 3.16. The van der Waals surface area contributed by atoms with Crippen molar-refractivity contribution in [2.24, 2.45) is 17.7 Å². The number of nitrogens with two attached hydrogens (primary N) is 2. The molecule has 4 aromatic heterocycles. The van der Waals surface area contributed by atoms with Crippen molar-refractivity contribution in [3.05, 3.63) is 192 Å². The third-order valence-corrected chi connectivity index (χ3v) is 17.2. The molecule has 0 radical (unpaired) electrons. The van der Waals surface area contributed by atoms with E-state index >= 15 is 0 Å². The van der Waals surface area contributed by atoms with Gasteiger partial charge < -0.3 is 40.7 Å². The Morgan fingerprint density at radius 2 is 0.978 bits per heavy atom. The van der Waals surface area contributed by atoms with Crippen molar-refractivity contribution in [3.8, 4) is 22.5 Å². The molecule has 2 fully saturated rings. The van der Waals surface area contributed by atoms with Gasteiger partial charge in [-0.1, -0.05) is 72.8 Å². The topological polar surface area (TPSA) is 302 Å². The summed E-state index contributed by atoms with van der Waals surface area (Å²) in [5.74, 6) is 13.6. The van der Waals surface area contributed by atoms with Gasteiger partial charge >= 0.3 is 12.2 Å². The maximum absolute atomic E-state index is 12.6. The first-order chi connectivity index (χ1) is 43.4. The first kappa shape index (κ1) is 67.3. The number of hydrogen-bond donors (Lipinski definition) is 5. The molecule has 2 aliphatic heterocycles. The van der Waals surface area contributed by atoms with Gasteiger partial charge in [-0.15, -0.1) is 0 Å². The van der Waals surface area contributed by atoms with Crippen molar-refractivity contribution in [1.29, 1.82) is 0 Å². The number of rotatable bonds is 15. The van der Waals surface area contributed by atoms with Crippen LogP contribution in [-0.4, -0.2) is 112 Å². The zero-order chi connectivity index (χ0) is 65.5. The van der Waals surface area contributed by atoms with Crippen LogP contribution in [0.5, 0.6) is 0 Å². The number of imidazole rings is 2. The molecule has 2 saturated heterocycles. The second-order valence-corrected chi connectivity index (χ2v) is 26.5. The maximum atomic E-state index is 12.6. The van der Waals surface area contributed by atoms with E-state index in [0.717, 1.165) is 37.1 Å². The highest BCUT2D eigenvalue weighted by Gasteiger charge is 2.32. The number of hydrogen-bond acceptors (Lipinski definition) is 16. The van der Waals surface area contributed by atoms with Gasteiger partial charge in [0.2, 0.25) is 0 Å². The lowest BCUT2D eigenvalue weighted by Gasteiger charge is -2.33. The monoisotopic (exact) mass is 1250 g/mol. The normalized spacial score (nSPS) is 13.8. The van der Waals surface area contributed by atoms with Crippen LogP contribution in [-0.2, 0) is 31.5 Å². The molecule has 23 heteroatoms. The lowest BCUT2D eigenvalue weighted by molar-refractivity contribution is 0.0173. The van der Waals surface area contributed by atoms with Crippen LogP contribution in [0, 0.1) is 11.8 Å². The van der Waals surface area contributed by atoms with Crippen molar-refractivity contribution in [2.45, 2.75) is 105 Å². The number of H-pyrrole nitrogens is 1. The molecule has 4 aromatic carbocycles. The number of ether oxygens (including phenoxy) is 2. The van der Waals surface area contributed by atoms with Gasteiger partial charge in [0, 0.05) is 98.1 Å². The second-order valence-electron chi connectivity index (χ2n) is 24.2. The van der Waals surface area contributed by atoms with E-state index in [1.807, 2.05) is 77.9 Å². The summed E-state index contributed by atoms with van der Waals surface area (Å²) in [6.07, 6.45) is 7.17. The molecule has 0 saturated carbocycles. The van der Waals surface area contributed by atoms with Gasteiger partial charge in [0.05, 0.1) is 5.69 Å². The molecule has 0 aliphatic carbocycles. The Labute approximate surface area is 529 Å². The number of aromatic nitrogens is 6. The molecule has 476 valence electrons. The summed E-state index contributed by atoms with van der Waals surface area (Å²) >= 11 is 0. The van der Waals surface area contributed by atoms with Crippen LogP contribution in [0.1, 0.15) is 134 Å². The standard InChI is InChI=1S/C28H34N6O4.C28H33N5O4.C12H12NO2P/c1-18(35)25-24(20-8-10-21(11-9-20)26(36)31-22-7-5-6-14-30-22)32-23(34(25)29)17-19-12-15-33(16-13-19)27(37)38-28(2,3)4;1-18(34)24-25(20-8-10-21(11-9-20)26(35)32-22-7-5-6-14-29-22)31-23(30-24)17-19-12-15-33(16-13-19)27(36)37-28(2,3)4;13-15-16(14,11-7-3-1-4-8-11)12-9-5-2-6-10-12/h5-11,14,19H,12-13,15-17,29H2,1-4H3,(H,30,31,36);5-11,14,19H,12-13,15-17H2,1-4H3,(H,30,31)(H,29,32,35);1-10H,13H2. The van der Waals surface area contributed by atoms with E-state index in [2.05, 4.69) is 25.6 Å². The SMILES string of the molecule is CC(=O)c1[nH]c(CC2CCN(C(=O)OC(C)(C)C)CC2)nc1-c1ccc(C(=O)Nc2ccccn2)cc1.CC(=O)c1c(-c2ccc(C(=O)Nc3ccccn3)cc2)nc(CC2CCN(C(=O)OC(C)(C)C)CC2)n1N.NOP(=O)(c1ccccc1)c1ccccc1. The van der Waals surface area contributed by atoms with Gasteiger partial charge in [0.1, 0.15) is 51.6 Å². The van der Waals surface area contributed by atoms with Crippen molar-refractivity contribution >= 4 is 65.2 Å². The third kappa shape index (κ3) is 18.5. The molecule has 7 N–H and O–H groups in total. The zero-order valence-corrected chi connectivity index (χ0v) is 53.4. The van der Waals surface area contributed by atoms with Crippen LogP contribution in [0.2, 0.25) is 0 Å². The predicted molar refractivity (Wildman–Crippen MR) is 350 cm³/mol. The lowest BCUT2D eigenvalue weighted by Crippen LogP contribution is -2.42. The van der Waals surface area contributed by atoms with Crippen molar-refractivity contribution in [3.63, 3.8) is 0 Å². The molecule has 2 aliphatic rings. The van der Waals surface area contributed by atoms with Crippen LogP contribution in [0.25, 0.3) is 22.5 Å². The molecule has 91 heavy (non-hydrogen) atoms. The molecule has 22 nitrogen and oxygen atoms in total. The molecule has 0 spiro atoms. The Morgan fingerprint density at radius 1 is 0.560 bits per heavy atom. The number of piperidine rings is 2. The number of anilines is 2. The number of carbonyl (C=O) groups excluding carboxylic acids is 6. The Morgan fingerprint density at radius 3 is 1.36 bits per heavy atom. The van der Waals surface area contributed by atoms with Gasteiger partial charge in [-0.3, -0.25) is 23.7 Å². The van der Waals surface area contributed by atoms with E-state index in [1.54, 1.807) is 131 Å². The van der Waals surface area contributed by atoms with Crippen molar-refractivity contribution < 1.29 is 47.4 Å². The van der Waals surface area contributed by atoms with Crippen LogP contribution in [0.15, 0.2) is 158 Å². The minimum absolute atomic E-state index is 0.106. The number of amides is 4. The largest absolute Gasteiger partial charge is 0.444 e. The van der Waals surface area contributed by atoms with E-state index in [0.29, 0.717) is 112 Å². The van der Waals surface area contributed by atoms with E-state index in [9.17, 15) is 33.3 Å². The van der Waals surface area contributed by atoms with E-state index in [-0.39, 0.29) is 41.5 Å². The van der Waals surface area contributed by atoms with Crippen LogP contribution >= 0.6 is 7.37 Å². The molecule has 0 atom stereocenters. The highest BCUT2D eigenvalue weighted by molar-refractivity contribution is 7.74. The molecule has 0 bridgehead atoms. The smallest absolute Gasteiger partial charge is 0.410 e. The van der Waals surface area contributed by atoms with Crippen molar-refractivity contribution in [1.82, 2.24) is 39.4 Å². The first-order valence-electron chi connectivity index (χ1n) is 30.1. The third-order valence-electron chi connectivity index (χ3n) is 14.9. The Hall–Kier alpha value is -9.63. The molecule has 0 unspecified atom stereocenters. The second kappa shape index (κ2) is 30.3. The quantitative estimate of drug-likeness (QED) is 0.0276. The number of nitrogens with one attached hydrogen (secondary N) is 3. The van der Waals surface area contributed by atoms with Crippen LogP contribution in [0.3, 0.4) is 0 Å². The van der Waals surface area contributed by atoms with Crippen molar-refractivity contribution in [2.75, 3.05) is 42.7 Å².